The van der Waals surface area contributed by atoms with Crippen molar-refractivity contribution in [1.29, 1.82) is 0 Å². The van der Waals surface area contributed by atoms with Gasteiger partial charge < -0.3 is 10.1 Å². The van der Waals surface area contributed by atoms with Gasteiger partial charge in [0.15, 0.2) is 0 Å². The topological polar surface area (TPSA) is 61.9 Å². The highest BCUT2D eigenvalue weighted by atomic mass is 32.2. The first-order valence-corrected chi connectivity index (χ1v) is 13.3. The SMILES string of the molecule is CC[C@@]1(C2CCN(Cc3ccc(SC)cc3)CC2)NC(=O)N(CCc2ccc(OC)cc2)C1=O. The number of carbonyl (C=O) groups excluding carboxylic acids is 2. The number of urea groups is 1. The van der Waals surface area contributed by atoms with Crippen molar-refractivity contribution < 1.29 is 14.3 Å². The van der Waals surface area contributed by atoms with Crippen molar-refractivity contribution in [2.45, 2.75) is 49.6 Å². The summed E-state index contributed by atoms with van der Waals surface area (Å²) in [4.78, 5) is 31.5. The van der Waals surface area contributed by atoms with Crippen molar-refractivity contribution in [2.24, 2.45) is 5.92 Å². The summed E-state index contributed by atoms with van der Waals surface area (Å²) in [5.74, 6) is 0.904. The molecule has 2 aromatic rings. The predicted octanol–water partition coefficient (Wildman–Crippen LogP) is 4.57. The summed E-state index contributed by atoms with van der Waals surface area (Å²) in [6.45, 7) is 5.21. The molecule has 0 radical (unpaired) electrons. The summed E-state index contributed by atoms with van der Waals surface area (Å²) in [5.41, 5.74) is 1.62. The van der Waals surface area contributed by atoms with Gasteiger partial charge in [0.2, 0.25) is 0 Å². The Morgan fingerprint density at radius 3 is 2.26 bits per heavy atom. The van der Waals surface area contributed by atoms with Crippen LogP contribution >= 0.6 is 11.8 Å². The number of nitrogens with one attached hydrogen (secondary N) is 1. The summed E-state index contributed by atoms with van der Waals surface area (Å²) in [7, 11) is 1.64. The molecule has 6 nitrogen and oxygen atoms in total. The molecule has 0 aliphatic carbocycles. The monoisotopic (exact) mass is 481 g/mol. The second-order valence-electron chi connectivity index (χ2n) is 9.21. The fourth-order valence-corrected chi connectivity index (χ4v) is 5.67. The van der Waals surface area contributed by atoms with Gasteiger partial charge in [-0.3, -0.25) is 14.6 Å². The maximum Gasteiger partial charge on any atom is 0.325 e. The molecule has 7 heteroatoms. The number of benzene rings is 2. The molecule has 1 N–H and O–H groups in total. The largest absolute Gasteiger partial charge is 0.497 e. The first kappa shape index (κ1) is 24.6. The number of methoxy groups -OCH3 is 1. The van der Waals surface area contributed by atoms with Crippen LogP contribution in [0.2, 0.25) is 0 Å². The molecule has 2 aromatic carbocycles. The van der Waals surface area contributed by atoms with Gasteiger partial charge in [0.1, 0.15) is 11.3 Å². The minimum atomic E-state index is -0.775. The van der Waals surface area contributed by atoms with Crippen LogP contribution in [-0.2, 0) is 17.8 Å². The van der Waals surface area contributed by atoms with Crippen molar-refractivity contribution in [2.75, 3.05) is 33.0 Å². The Morgan fingerprint density at radius 2 is 1.68 bits per heavy atom. The second-order valence-corrected chi connectivity index (χ2v) is 10.1. The molecule has 1 atom stereocenters. The van der Waals surface area contributed by atoms with Crippen LogP contribution in [0.5, 0.6) is 5.75 Å². The lowest BCUT2D eigenvalue weighted by atomic mass is 9.75. The van der Waals surface area contributed by atoms with Crippen LogP contribution in [0.3, 0.4) is 0 Å². The van der Waals surface area contributed by atoms with Gasteiger partial charge in [-0.1, -0.05) is 31.2 Å². The summed E-state index contributed by atoms with van der Waals surface area (Å²) in [6.07, 6.45) is 5.17. The molecule has 34 heavy (non-hydrogen) atoms. The van der Waals surface area contributed by atoms with E-state index in [4.69, 9.17) is 4.74 Å². The van der Waals surface area contributed by atoms with E-state index in [1.165, 1.54) is 15.4 Å². The van der Waals surface area contributed by atoms with Gasteiger partial charge in [0.05, 0.1) is 7.11 Å². The Morgan fingerprint density at radius 1 is 1.03 bits per heavy atom. The van der Waals surface area contributed by atoms with Crippen molar-refractivity contribution in [3.63, 3.8) is 0 Å². The van der Waals surface area contributed by atoms with Crippen LogP contribution < -0.4 is 10.1 Å². The standard InChI is InChI=1S/C27H35N3O3S/c1-4-27(22-14-16-29(17-15-22)19-21-7-11-24(34-3)12-8-21)25(31)30(26(32)28-27)18-13-20-5-9-23(33-2)10-6-20/h5-12,22H,4,13-19H2,1-3H3,(H,28,32)/t27-/m0/s1. The Bertz CT molecular complexity index is 987. The molecular weight excluding hydrogens is 446 g/mol. The van der Waals surface area contributed by atoms with E-state index >= 15 is 0 Å². The zero-order chi connectivity index (χ0) is 24.1. The fraction of sp³-hybridized carbons (Fsp3) is 0.481. The van der Waals surface area contributed by atoms with Crippen molar-refractivity contribution >= 4 is 23.7 Å². The summed E-state index contributed by atoms with van der Waals surface area (Å²) in [5, 5.41) is 3.11. The van der Waals surface area contributed by atoms with Crippen LogP contribution in [0.15, 0.2) is 53.4 Å². The quantitative estimate of drug-likeness (QED) is 0.420. The lowest BCUT2D eigenvalue weighted by Crippen LogP contribution is -2.55. The lowest BCUT2D eigenvalue weighted by molar-refractivity contribution is -0.134. The average molecular weight is 482 g/mol. The highest BCUT2D eigenvalue weighted by molar-refractivity contribution is 7.98. The van der Waals surface area contributed by atoms with Gasteiger partial charge in [-0.05, 0) is 86.3 Å². The zero-order valence-electron chi connectivity index (χ0n) is 20.4. The number of hydrogen-bond acceptors (Lipinski definition) is 5. The molecule has 2 fully saturated rings. The van der Waals surface area contributed by atoms with E-state index in [2.05, 4.69) is 40.7 Å². The minimum Gasteiger partial charge on any atom is -0.497 e. The van der Waals surface area contributed by atoms with E-state index in [0.717, 1.165) is 43.8 Å². The third-order valence-electron chi connectivity index (χ3n) is 7.39. The Labute approximate surface area is 207 Å². The van der Waals surface area contributed by atoms with Crippen LogP contribution in [0, 0.1) is 5.92 Å². The normalized spacial score (nSPS) is 21.7. The number of thioether (sulfide) groups is 1. The number of piperidine rings is 1. The molecule has 2 heterocycles. The summed E-state index contributed by atoms with van der Waals surface area (Å²) in [6, 6.07) is 16.3. The molecule has 2 aliphatic heterocycles. The molecule has 182 valence electrons. The number of amides is 3. The number of carbonyl (C=O) groups is 2. The van der Waals surface area contributed by atoms with Crippen molar-refractivity contribution in [1.82, 2.24) is 15.1 Å². The maximum absolute atomic E-state index is 13.5. The molecule has 2 saturated heterocycles. The van der Waals surface area contributed by atoms with Gasteiger partial charge >= 0.3 is 6.03 Å². The van der Waals surface area contributed by atoms with Crippen LogP contribution in [0.1, 0.15) is 37.3 Å². The first-order valence-electron chi connectivity index (χ1n) is 12.1. The Balaban J connectivity index is 1.35. The minimum absolute atomic E-state index is 0.0559. The smallest absolute Gasteiger partial charge is 0.325 e. The lowest BCUT2D eigenvalue weighted by Gasteiger charge is -2.40. The number of likely N-dealkylation sites (tertiary alicyclic amines) is 1. The second kappa shape index (κ2) is 10.8. The van der Waals surface area contributed by atoms with E-state index in [0.29, 0.717) is 19.4 Å². The number of ether oxygens (including phenoxy) is 1. The van der Waals surface area contributed by atoms with Gasteiger partial charge in [0, 0.05) is 18.0 Å². The van der Waals surface area contributed by atoms with E-state index in [9.17, 15) is 9.59 Å². The highest BCUT2D eigenvalue weighted by Gasteiger charge is 2.54. The molecule has 0 unspecified atom stereocenters. The molecule has 0 aromatic heterocycles. The maximum atomic E-state index is 13.5. The Hall–Kier alpha value is -2.51. The van der Waals surface area contributed by atoms with Crippen LogP contribution in [-0.4, -0.2) is 60.3 Å². The molecular formula is C27H35N3O3S. The predicted molar refractivity (Wildman–Crippen MR) is 136 cm³/mol. The average Bonchev–Trinajstić information content (AvgIpc) is 3.13. The fourth-order valence-electron chi connectivity index (χ4n) is 5.26. The van der Waals surface area contributed by atoms with Gasteiger partial charge in [0.25, 0.3) is 5.91 Å². The summed E-state index contributed by atoms with van der Waals surface area (Å²) < 4.78 is 5.21. The highest BCUT2D eigenvalue weighted by Crippen LogP contribution is 2.36. The number of hydrogen-bond donors (Lipinski definition) is 1. The Kier molecular flexibility index (Phi) is 7.84. The van der Waals surface area contributed by atoms with Gasteiger partial charge in [-0.2, -0.15) is 0 Å². The molecule has 0 bridgehead atoms. The first-order chi connectivity index (χ1) is 16.5. The van der Waals surface area contributed by atoms with Crippen molar-refractivity contribution in [3.8, 4) is 5.75 Å². The van der Waals surface area contributed by atoms with Crippen molar-refractivity contribution in [3.05, 3.63) is 59.7 Å². The molecule has 4 rings (SSSR count). The molecule has 0 spiro atoms. The van der Waals surface area contributed by atoms with Gasteiger partial charge in [-0.25, -0.2) is 4.79 Å². The van der Waals surface area contributed by atoms with E-state index in [1.54, 1.807) is 18.9 Å². The zero-order valence-corrected chi connectivity index (χ0v) is 21.2. The third kappa shape index (κ3) is 5.10. The number of nitrogens with zero attached hydrogens (tertiary/aromatic N) is 2. The van der Waals surface area contributed by atoms with Crippen LogP contribution in [0.25, 0.3) is 0 Å². The number of rotatable bonds is 9. The van der Waals surface area contributed by atoms with E-state index in [-0.39, 0.29) is 17.9 Å². The van der Waals surface area contributed by atoms with Crippen LogP contribution in [0.4, 0.5) is 4.79 Å². The number of imide groups is 1. The summed E-state index contributed by atoms with van der Waals surface area (Å²) >= 11 is 1.75. The van der Waals surface area contributed by atoms with Gasteiger partial charge in [-0.15, -0.1) is 11.8 Å². The third-order valence-corrected chi connectivity index (χ3v) is 8.14. The molecule has 0 saturated carbocycles. The van der Waals surface area contributed by atoms with E-state index in [1.807, 2.05) is 31.2 Å². The molecule has 2 aliphatic rings. The molecule has 3 amide bonds. The van der Waals surface area contributed by atoms with E-state index < -0.39 is 5.54 Å².